The van der Waals surface area contributed by atoms with Crippen LogP contribution in [-0.4, -0.2) is 273 Å². The van der Waals surface area contributed by atoms with E-state index in [0.717, 1.165) is 0 Å². The molecule has 4 aliphatic heterocycles. The molecule has 0 spiro atoms. The number of hydrogen-bond donors (Lipinski definition) is 17. The fraction of sp³-hybridized carbons (Fsp3) is 0.878. The average Bonchev–Trinajstić information content (AvgIpc) is 3.34. The van der Waals surface area contributed by atoms with Crippen molar-refractivity contribution in [2.24, 2.45) is 0 Å². The summed E-state index contributed by atoms with van der Waals surface area (Å²) in [5.41, 5.74) is 0. The van der Waals surface area contributed by atoms with Crippen molar-refractivity contribution in [1.82, 2.24) is 26.6 Å². The third-order valence-corrected chi connectivity index (χ3v) is 12.0. The number of rotatable bonds is 26. The predicted molar refractivity (Wildman–Crippen MR) is 230 cm³/mol. The summed E-state index contributed by atoms with van der Waals surface area (Å²) in [6, 6.07) is -1.30. The Bertz CT molecular complexity index is 1670. The van der Waals surface area contributed by atoms with E-state index in [1.165, 1.54) is 7.05 Å². The molecule has 4 rings (SSSR count). The van der Waals surface area contributed by atoms with E-state index in [4.69, 9.17) is 37.9 Å². The molecule has 17 N–H and O–H groups in total. The zero-order chi connectivity index (χ0) is 52.5. The Morgan fingerprint density at radius 3 is 1.70 bits per heavy atom. The summed E-state index contributed by atoms with van der Waals surface area (Å²) in [5.74, 6) is -3.05. The molecule has 30 heteroatoms. The van der Waals surface area contributed by atoms with E-state index in [0.29, 0.717) is 0 Å². The highest BCUT2D eigenvalue weighted by molar-refractivity contribution is 5.91. The van der Waals surface area contributed by atoms with E-state index in [1.54, 1.807) is 6.92 Å². The first-order valence-electron chi connectivity index (χ1n) is 23.2. The first-order chi connectivity index (χ1) is 33.7. The molecular formula is C41H71N5O25. The van der Waals surface area contributed by atoms with Crippen LogP contribution in [0.1, 0.15) is 45.4 Å². The van der Waals surface area contributed by atoms with Crippen molar-refractivity contribution in [3.05, 3.63) is 0 Å². The van der Waals surface area contributed by atoms with E-state index in [-0.39, 0.29) is 58.2 Å². The summed E-state index contributed by atoms with van der Waals surface area (Å²) in [7, 11) is 1.34. The molecule has 0 unspecified atom stereocenters. The van der Waals surface area contributed by atoms with Crippen molar-refractivity contribution >= 4 is 29.5 Å². The maximum atomic E-state index is 13.0. The Hall–Kier alpha value is -3.45. The minimum atomic E-state index is -1.97. The molecule has 0 saturated carbocycles. The van der Waals surface area contributed by atoms with Gasteiger partial charge in [0.2, 0.25) is 29.5 Å². The van der Waals surface area contributed by atoms with Gasteiger partial charge in [0.25, 0.3) is 0 Å². The van der Waals surface area contributed by atoms with Crippen molar-refractivity contribution < 1.29 is 123 Å². The lowest BCUT2D eigenvalue weighted by Gasteiger charge is -2.46. The summed E-state index contributed by atoms with van der Waals surface area (Å²) >= 11 is 0. The number of likely N-dealkylation sites (N-methyl/N-ethyl adjacent to an activating group) is 1. The third kappa shape index (κ3) is 17.6. The molecule has 0 aromatic heterocycles. The molecule has 0 aliphatic carbocycles. The van der Waals surface area contributed by atoms with Crippen LogP contribution in [0.4, 0.5) is 0 Å². The standard InChI is InChI=1S/C41H71N5O25/c1-17-19(49)12-20(50)38(67-17)64-10-8-43-24(51)4-3-5-26(53)46-18(37(63)45-13-27(54)42-2)6-7-25(52)44-9-11-65-40-35(62)36(71-41-34(61)32(59)29(56)22(15-48)69-41)30(57)23(70-40)16-66-39-33(60)31(58)28(55)21(14-47)68-39/h17-23,28-36,38-41,47-50,55-62H,3-16H2,1-2H3,(H,42,54)(H,43,51)(H,44,52)(H,45,63)(H,46,53)/t17-,18-,19-,20-,21+,22+,23+,28+,29+,30+,31-,32-,33-,34-,35-,36-,38+,39-,40-,41+/m0/s1. The number of ether oxygens (including phenoxy) is 8. The monoisotopic (exact) mass is 1030 g/mol. The molecule has 410 valence electrons. The molecule has 4 heterocycles. The van der Waals surface area contributed by atoms with E-state index < -0.39 is 185 Å². The van der Waals surface area contributed by atoms with Crippen LogP contribution in [0.3, 0.4) is 0 Å². The zero-order valence-electron chi connectivity index (χ0n) is 39.1. The number of aliphatic hydroxyl groups excluding tert-OH is 12. The van der Waals surface area contributed by atoms with E-state index >= 15 is 0 Å². The Morgan fingerprint density at radius 1 is 0.563 bits per heavy atom. The highest BCUT2D eigenvalue weighted by atomic mass is 16.8. The van der Waals surface area contributed by atoms with E-state index in [1.807, 2.05) is 0 Å². The molecule has 0 bridgehead atoms. The number of nitrogens with one attached hydrogen (secondary N) is 5. The first kappa shape index (κ1) is 60.1. The van der Waals surface area contributed by atoms with Gasteiger partial charge in [0.1, 0.15) is 85.4 Å². The van der Waals surface area contributed by atoms with Crippen molar-refractivity contribution in [2.75, 3.05) is 59.7 Å². The molecule has 4 fully saturated rings. The summed E-state index contributed by atoms with van der Waals surface area (Å²) in [6.45, 7) is -1.76. The molecule has 20 atom stereocenters. The molecule has 5 amide bonds. The van der Waals surface area contributed by atoms with Crippen LogP contribution in [-0.2, 0) is 61.9 Å². The summed E-state index contributed by atoms with van der Waals surface area (Å²) in [4.78, 5) is 63.0. The molecule has 0 aromatic rings. The number of amides is 5. The highest BCUT2D eigenvalue weighted by Gasteiger charge is 2.52. The molecular weight excluding hydrogens is 962 g/mol. The lowest BCUT2D eigenvalue weighted by atomic mass is 9.96. The van der Waals surface area contributed by atoms with Gasteiger partial charge in [-0.2, -0.15) is 0 Å². The lowest BCUT2D eigenvalue weighted by Crippen LogP contribution is -2.65. The van der Waals surface area contributed by atoms with E-state index in [2.05, 4.69) is 26.6 Å². The van der Waals surface area contributed by atoms with Gasteiger partial charge in [-0.3, -0.25) is 24.0 Å². The molecule has 0 aromatic carbocycles. The molecule has 0 radical (unpaired) electrons. The van der Waals surface area contributed by atoms with Crippen LogP contribution in [0.2, 0.25) is 0 Å². The van der Waals surface area contributed by atoms with Gasteiger partial charge >= 0.3 is 0 Å². The molecule has 71 heavy (non-hydrogen) atoms. The Kier molecular flexibility index (Phi) is 24.9. The number of hydrogen-bond acceptors (Lipinski definition) is 25. The largest absolute Gasteiger partial charge is 0.394 e. The van der Waals surface area contributed by atoms with Gasteiger partial charge in [-0.25, -0.2) is 0 Å². The fourth-order valence-corrected chi connectivity index (χ4v) is 7.67. The Morgan fingerprint density at radius 2 is 1.10 bits per heavy atom. The van der Waals surface area contributed by atoms with Gasteiger partial charge in [0.05, 0.1) is 51.8 Å². The van der Waals surface area contributed by atoms with Gasteiger partial charge in [-0.1, -0.05) is 0 Å². The topological polar surface area (TPSA) is 462 Å². The van der Waals surface area contributed by atoms with Crippen LogP contribution in [0.15, 0.2) is 0 Å². The maximum Gasteiger partial charge on any atom is 0.243 e. The number of aliphatic hydroxyl groups is 12. The second kappa shape index (κ2) is 29.4. The molecule has 30 nitrogen and oxygen atoms in total. The van der Waals surface area contributed by atoms with Crippen LogP contribution in [0.5, 0.6) is 0 Å². The van der Waals surface area contributed by atoms with Gasteiger partial charge < -0.3 is 126 Å². The quantitative estimate of drug-likeness (QED) is 0.0358. The molecule has 4 aliphatic rings. The maximum absolute atomic E-state index is 13.0. The van der Waals surface area contributed by atoms with Crippen molar-refractivity contribution in [3.8, 4) is 0 Å². The van der Waals surface area contributed by atoms with Gasteiger partial charge in [-0.05, 0) is 19.8 Å². The van der Waals surface area contributed by atoms with E-state index in [9.17, 15) is 85.3 Å². The van der Waals surface area contributed by atoms with Crippen LogP contribution in [0, 0.1) is 0 Å². The van der Waals surface area contributed by atoms with Crippen LogP contribution >= 0.6 is 0 Å². The van der Waals surface area contributed by atoms with Gasteiger partial charge in [0, 0.05) is 45.8 Å². The lowest BCUT2D eigenvalue weighted by molar-refractivity contribution is -0.366. The smallest absolute Gasteiger partial charge is 0.243 e. The summed E-state index contributed by atoms with van der Waals surface area (Å²) in [5, 5.41) is 136. The van der Waals surface area contributed by atoms with Crippen molar-refractivity contribution in [2.45, 2.75) is 168 Å². The minimum Gasteiger partial charge on any atom is -0.394 e. The summed E-state index contributed by atoms with van der Waals surface area (Å²) < 4.78 is 44.1. The zero-order valence-corrected chi connectivity index (χ0v) is 39.1. The van der Waals surface area contributed by atoms with Crippen LogP contribution in [0.25, 0.3) is 0 Å². The Balaban J connectivity index is 1.29. The molecule has 4 saturated heterocycles. The van der Waals surface area contributed by atoms with Crippen molar-refractivity contribution in [1.29, 1.82) is 0 Å². The highest BCUT2D eigenvalue weighted by Crippen LogP contribution is 2.31. The average molecular weight is 1030 g/mol. The second-order valence-electron chi connectivity index (χ2n) is 17.3. The Labute approximate surface area is 406 Å². The normalized spacial score (nSPS) is 36.8. The SMILES string of the molecule is CNC(=O)CNC(=O)[C@H](CCC(=O)NCCO[C@H]1O[C@H](CO[C@H]2O[C@H](CO)[C@@H](O)[C@H](O)[C@@H]2O)[C@@H](O)[C@H](O[C@H]2O[C@H](CO)[C@@H](O)[C@H](O)[C@@H]2O)[C@@H]1O)NC(=O)CCCC(=O)NCCO[C@@H]1O[C@@H](C)[C@@H](O)C[C@@H]1O. The summed E-state index contributed by atoms with van der Waals surface area (Å²) in [6.07, 6.45) is -30.5. The minimum absolute atomic E-state index is 0.00395. The second-order valence-corrected chi connectivity index (χ2v) is 17.3. The fourth-order valence-electron chi connectivity index (χ4n) is 7.67. The van der Waals surface area contributed by atoms with Gasteiger partial charge in [0.15, 0.2) is 25.2 Å². The van der Waals surface area contributed by atoms with Gasteiger partial charge in [-0.15, -0.1) is 0 Å². The number of carbonyl (C=O) groups excluding carboxylic acids is 5. The number of carbonyl (C=O) groups is 5. The van der Waals surface area contributed by atoms with Crippen molar-refractivity contribution in [3.63, 3.8) is 0 Å². The third-order valence-electron chi connectivity index (χ3n) is 12.0. The predicted octanol–water partition coefficient (Wildman–Crippen LogP) is -10.1. The first-order valence-corrected chi connectivity index (χ1v) is 23.2. The van der Waals surface area contributed by atoms with Crippen LogP contribution < -0.4 is 26.6 Å².